The number of nitrogens with one attached hydrogen (secondary N) is 1. The van der Waals surface area contributed by atoms with Crippen molar-refractivity contribution in [3.05, 3.63) is 201 Å². The topological polar surface area (TPSA) is 70.4 Å². The highest BCUT2D eigenvalue weighted by Crippen LogP contribution is 2.50. The molecule has 1 aliphatic heterocycles. The van der Waals surface area contributed by atoms with Gasteiger partial charge in [-0.2, -0.15) is 5.26 Å². The molecule has 1 unspecified atom stereocenters. The summed E-state index contributed by atoms with van der Waals surface area (Å²) >= 11 is 0. The zero-order valence-corrected chi connectivity index (χ0v) is 37.8. The van der Waals surface area contributed by atoms with Gasteiger partial charge in [-0.1, -0.05) is 129 Å². The minimum Gasteiger partial charge on any atom is -0.344 e. The lowest BCUT2D eigenvalue weighted by atomic mass is 9.82. The Morgan fingerprint density at radius 2 is 1.25 bits per heavy atom. The molecule has 2 aromatic heterocycles. The SMILES string of the molecule is CC1=CCCc2c1n(-c1cc(-n3c4c(c5cccc(C)c53)CCC=C4C)c(C3=NC(c4ccccc4)=NC(c4ccc5c(c4)-c4ccccc4C5(C)C)N3)cc1C#N)c1c(C)cccc21. The monoisotopic (exact) mass is 842 g/mol. The van der Waals surface area contributed by atoms with Crippen molar-refractivity contribution in [1.29, 1.82) is 5.26 Å². The van der Waals surface area contributed by atoms with Crippen LogP contribution in [-0.2, 0) is 18.3 Å². The third kappa shape index (κ3) is 5.78. The lowest BCUT2D eigenvalue weighted by Gasteiger charge is -2.28. The zero-order chi connectivity index (χ0) is 44.3. The van der Waals surface area contributed by atoms with E-state index >= 15 is 0 Å². The number of hydrogen-bond donors (Lipinski definition) is 1. The van der Waals surface area contributed by atoms with E-state index in [0.29, 0.717) is 17.2 Å². The molecule has 6 heteroatoms. The second-order valence-corrected chi connectivity index (χ2v) is 18.9. The van der Waals surface area contributed by atoms with E-state index in [0.717, 1.165) is 59.3 Å². The van der Waals surface area contributed by atoms with Crippen LogP contribution in [-0.4, -0.2) is 20.8 Å². The van der Waals surface area contributed by atoms with Crippen LogP contribution in [0.25, 0.3) is 55.5 Å². The number of hydrogen-bond acceptors (Lipinski definition) is 4. The highest BCUT2D eigenvalue weighted by atomic mass is 15.2. The Balaban J connectivity index is 1.15. The number of aromatic nitrogens is 2. The number of allylic oxidation sites excluding steroid dienone is 4. The van der Waals surface area contributed by atoms with Crippen LogP contribution < -0.4 is 5.32 Å². The van der Waals surface area contributed by atoms with E-state index in [1.54, 1.807) is 0 Å². The van der Waals surface area contributed by atoms with Crippen molar-refractivity contribution in [1.82, 2.24) is 14.5 Å². The number of nitrogens with zero attached hydrogens (tertiary/aromatic N) is 5. The molecule has 1 N–H and O–H groups in total. The molecule has 0 radical (unpaired) electrons. The largest absolute Gasteiger partial charge is 0.344 e. The summed E-state index contributed by atoms with van der Waals surface area (Å²) in [5.41, 5.74) is 22.6. The van der Waals surface area contributed by atoms with Gasteiger partial charge in [0.1, 0.15) is 18.1 Å². The molecule has 8 aromatic rings. The van der Waals surface area contributed by atoms with E-state index < -0.39 is 6.17 Å². The van der Waals surface area contributed by atoms with Gasteiger partial charge in [0.25, 0.3) is 0 Å². The first-order valence-corrected chi connectivity index (χ1v) is 23.0. The smallest absolute Gasteiger partial charge is 0.159 e. The standard InChI is InChI=1S/C59H50N6/c1-34-16-12-23-42-43-24-13-17-35(2)53(43)64(52(34)42)50-32-51(65-54-36(3)18-14-25-44(54)45-26-15-19-37(4)55(45)65)47(31-40(50)33-60)58-62-56(38-20-8-7-9-21-38)61-57(63-58)39-28-29-49-46(30-39)41-22-10-11-27-48(41)59(49,5)6/h7-12,14,16-23,25,27-32,57H,13,15,24,26H2,1-6H3,(H,61,62,63). The molecule has 6 aromatic carbocycles. The second-order valence-electron chi connectivity index (χ2n) is 18.9. The lowest BCUT2D eigenvalue weighted by Crippen LogP contribution is -2.34. The molecule has 4 aliphatic rings. The van der Waals surface area contributed by atoms with Crippen LogP contribution in [0.15, 0.2) is 143 Å². The van der Waals surface area contributed by atoms with Crippen LogP contribution >= 0.6 is 0 Å². The lowest BCUT2D eigenvalue weighted by molar-refractivity contribution is 0.654. The fraction of sp³-hybridized carbons (Fsp3) is 0.203. The molecule has 12 rings (SSSR count). The Morgan fingerprint density at radius 1 is 0.631 bits per heavy atom. The molecule has 6 nitrogen and oxygen atoms in total. The molecule has 3 aliphatic carbocycles. The minimum atomic E-state index is -0.452. The molecule has 0 spiro atoms. The highest BCUT2D eigenvalue weighted by molar-refractivity contribution is 6.15. The van der Waals surface area contributed by atoms with Crippen LogP contribution in [0, 0.1) is 25.2 Å². The Labute approximate surface area is 380 Å². The van der Waals surface area contributed by atoms with Crippen molar-refractivity contribution in [2.45, 2.75) is 78.8 Å². The van der Waals surface area contributed by atoms with Gasteiger partial charge >= 0.3 is 0 Å². The van der Waals surface area contributed by atoms with E-state index in [2.05, 4.69) is 177 Å². The third-order valence-corrected chi connectivity index (χ3v) is 14.7. The second kappa shape index (κ2) is 14.5. The zero-order valence-electron chi connectivity index (χ0n) is 37.8. The maximum atomic E-state index is 11.4. The number of aliphatic imine (C=N–C) groups is 2. The molecule has 316 valence electrons. The van der Waals surface area contributed by atoms with E-state index in [4.69, 9.17) is 9.98 Å². The average molecular weight is 843 g/mol. The number of amidine groups is 2. The number of aryl methyl sites for hydroxylation is 4. The first kappa shape index (κ1) is 39.1. The van der Waals surface area contributed by atoms with Crippen molar-refractivity contribution in [3.8, 4) is 28.6 Å². The molecule has 65 heavy (non-hydrogen) atoms. The first-order valence-electron chi connectivity index (χ1n) is 23.0. The number of fused-ring (bicyclic) bond motifs is 9. The van der Waals surface area contributed by atoms with Gasteiger partial charge in [0, 0.05) is 27.3 Å². The van der Waals surface area contributed by atoms with E-state index in [1.807, 2.05) is 18.2 Å². The van der Waals surface area contributed by atoms with Gasteiger partial charge < -0.3 is 14.5 Å². The Hall–Kier alpha value is -7.49. The summed E-state index contributed by atoms with van der Waals surface area (Å²) in [6.45, 7) is 13.5. The van der Waals surface area contributed by atoms with E-state index in [1.165, 1.54) is 83.3 Å². The normalized spacial score (nSPS) is 17.0. The third-order valence-electron chi connectivity index (χ3n) is 14.7. The van der Waals surface area contributed by atoms with Crippen LogP contribution in [0.2, 0.25) is 0 Å². The van der Waals surface area contributed by atoms with Gasteiger partial charge in [-0.05, 0) is 133 Å². The van der Waals surface area contributed by atoms with Crippen LogP contribution in [0.3, 0.4) is 0 Å². The van der Waals surface area contributed by atoms with Gasteiger partial charge in [-0.3, -0.25) is 0 Å². The van der Waals surface area contributed by atoms with Gasteiger partial charge in [0.2, 0.25) is 0 Å². The van der Waals surface area contributed by atoms with E-state index in [9.17, 15) is 5.26 Å². The van der Waals surface area contributed by atoms with Crippen LogP contribution in [0.1, 0.15) is 114 Å². The van der Waals surface area contributed by atoms with Crippen molar-refractivity contribution in [3.63, 3.8) is 0 Å². The van der Waals surface area contributed by atoms with E-state index in [-0.39, 0.29) is 5.41 Å². The molecule has 0 amide bonds. The van der Waals surface area contributed by atoms with Crippen molar-refractivity contribution < 1.29 is 0 Å². The summed E-state index contributed by atoms with van der Waals surface area (Å²) in [5, 5.41) is 17.8. The fourth-order valence-corrected chi connectivity index (χ4v) is 11.6. The number of benzene rings is 6. The maximum Gasteiger partial charge on any atom is 0.159 e. The summed E-state index contributed by atoms with van der Waals surface area (Å²) in [4.78, 5) is 10.8. The Morgan fingerprint density at radius 3 is 1.91 bits per heavy atom. The highest BCUT2D eigenvalue weighted by Gasteiger charge is 2.37. The molecular weight excluding hydrogens is 793 g/mol. The van der Waals surface area contributed by atoms with Crippen molar-refractivity contribution in [2.24, 2.45) is 9.98 Å². The molecule has 1 atom stereocenters. The number of rotatable bonds is 5. The van der Waals surface area contributed by atoms with Crippen LogP contribution in [0.4, 0.5) is 0 Å². The molecule has 3 heterocycles. The summed E-state index contributed by atoms with van der Waals surface area (Å²) in [5.74, 6) is 1.32. The van der Waals surface area contributed by atoms with Gasteiger partial charge in [0.15, 0.2) is 5.84 Å². The fourth-order valence-electron chi connectivity index (χ4n) is 11.6. The van der Waals surface area contributed by atoms with Crippen molar-refractivity contribution >= 4 is 44.6 Å². The maximum absolute atomic E-state index is 11.4. The predicted molar refractivity (Wildman–Crippen MR) is 268 cm³/mol. The summed E-state index contributed by atoms with van der Waals surface area (Å²) in [6.07, 6.45) is 8.20. The van der Waals surface area contributed by atoms with Gasteiger partial charge in [0.05, 0.1) is 39.4 Å². The predicted octanol–water partition coefficient (Wildman–Crippen LogP) is 13.6. The molecular formula is C59H50N6. The average Bonchev–Trinajstić information content (AvgIpc) is 3.94. The number of para-hydroxylation sites is 2. The summed E-state index contributed by atoms with van der Waals surface area (Å²) < 4.78 is 4.88. The molecule has 0 saturated carbocycles. The first-order chi connectivity index (χ1) is 31.6. The van der Waals surface area contributed by atoms with Crippen LogP contribution in [0.5, 0.6) is 0 Å². The Bertz CT molecular complexity index is 3540. The Kier molecular flexibility index (Phi) is 8.74. The minimum absolute atomic E-state index is 0.111. The van der Waals surface area contributed by atoms with Gasteiger partial charge in [-0.25, -0.2) is 9.98 Å². The molecule has 0 saturated heterocycles. The molecule has 0 bridgehead atoms. The molecule has 0 fully saturated rings. The van der Waals surface area contributed by atoms with Crippen molar-refractivity contribution in [2.75, 3.05) is 0 Å². The number of nitriles is 1. The van der Waals surface area contributed by atoms with Gasteiger partial charge in [-0.15, -0.1) is 0 Å². The summed E-state index contributed by atoms with van der Waals surface area (Å²) in [7, 11) is 0. The summed E-state index contributed by atoms with van der Waals surface area (Å²) in [6, 6.07) is 46.3. The quantitative estimate of drug-likeness (QED) is 0.187.